The van der Waals surface area contributed by atoms with Gasteiger partial charge in [-0.25, -0.2) is 14.6 Å². The van der Waals surface area contributed by atoms with Crippen molar-refractivity contribution in [1.82, 2.24) is 25.1 Å². The summed E-state index contributed by atoms with van der Waals surface area (Å²) in [7, 11) is 0. The van der Waals surface area contributed by atoms with Crippen molar-refractivity contribution in [2.45, 2.75) is 12.8 Å². The molecular formula is C18H18N6O. The van der Waals surface area contributed by atoms with Gasteiger partial charge in [0.25, 0.3) is 5.91 Å². The Morgan fingerprint density at radius 3 is 2.72 bits per heavy atom. The van der Waals surface area contributed by atoms with E-state index in [0.717, 1.165) is 25.9 Å². The van der Waals surface area contributed by atoms with Crippen molar-refractivity contribution in [3.63, 3.8) is 0 Å². The number of fused-ring (bicyclic) bond motifs is 1. The number of benzene rings is 1. The Hall–Kier alpha value is -3.06. The lowest BCUT2D eigenvalue weighted by Gasteiger charge is -2.08. The molecule has 1 aliphatic rings. The molecule has 3 aromatic rings. The second-order valence-electron chi connectivity index (χ2n) is 5.88. The minimum atomic E-state index is -0.167. The van der Waals surface area contributed by atoms with Gasteiger partial charge in [0.15, 0.2) is 5.82 Å². The average Bonchev–Trinajstić information content (AvgIpc) is 2.98. The summed E-state index contributed by atoms with van der Waals surface area (Å²) in [6.45, 7) is 1.93. The van der Waals surface area contributed by atoms with Crippen LogP contribution in [0.4, 0.5) is 5.82 Å². The van der Waals surface area contributed by atoms with Gasteiger partial charge in [0.1, 0.15) is 0 Å². The molecule has 2 aromatic heterocycles. The van der Waals surface area contributed by atoms with Crippen molar-refractivity contribution >= 4 is 11.7 Å². The largest absolute Gasteiger partial charge is 0.316 e. The van der Waals surface area contributed by atoms with Gasteiger partial charge in [0.2, 0.25) is 5.95 Å². The normalized spacial score (nSPS) is 13.8. The van der Waals surface area contributed by atoms with E-state index < -0.39 is 0 Å². The minimum absolute atomic E-state index is 0.167. The summed E-state index contributed by atoms with van der Waals surface area (Å²) < 4.78 is 1.53. The second-order valence-corrected chi connectivity index (χ2v) is 5.88. The number of rotatable bonds is 3. The van der Waals surface area contributed by atoms with E-state index in [4.69, 9.17) is 0 Å². The van der Waals surface area contributed by atoms with Gasteiger partial charge < -0.3 is 10.6 Å². The summed E-state index contributed by atoms with van der Waals surface area (Å²) in [5.41, 5.74) is 3.19. The number of amides is 1. The zero-order chi connectivity index (χ0) is 17.1. The third-order valence-electron chi connectivity index (χ3n) is 4.20. The smallest absolute Gasteiger partial charge is 0.256 e. The van der Waals surface area contributed by atoms with E-state index in [0.29, 0.717) is 17.3 Å². The first-order valence-corrected chi connectivity index (χ1v) is 8.26. The van der Waals surface area contributed by atoms with E-state index in [2.05, 4.69) is 25.7 Å². The van der Waals surface area contributed by atoms with Crippen molar-refractivity contribution in [1.29, 1.82) is 0 Å². The Morgan fingerprint density at radius 1 is 1.08 bits per heavy atom. The highest BCUT2D eigenvalue weighted by molar-refractivity contribution is 6.03. The molecule has 0 aliphatic carbocycles. The van der Waals surface area contributed by atoms with E-state index in [1.165, 1.54) is 15.8 Å². The molecule has 0 saturated heterocycles. The molecule has 7 nitrogen and oxygen atoms in total. The van der Waals surface area contributed by atoms with Crippen molar-refractivity contribution in [2.75, 3.05) is 18.4 Å². The van der Waals surface area contributed by atoms with E-state index >= 15 is 0 Å². The molecule has 1 amide bonds. The molecule has 7 heteroatoms. The molecule has 25 heavy (non-hydrogen) atoms. The average molecular weight is 334 g/mol. The maximum absolute atomic E-state index is 12.5. The number of nitrogens with zero attached hydrogens (tertiary/aromatic N) is 4. The number of hydrogen-bond acceptors (Lipinski definition) is 5. The fourth-order valence-electron chi connectivity index (χ4n) is 2.91. The molecule has 2 N–H and O–H groups in total. The summed E-state index contributed by atoms with van der Waals surface area (Å²) in [6.07, 6.45) is 6.95. The van der Waals surface area contributed by atoms with Crippen LogP contribution >= 0.6 is 0 Å². The number of carbonyl (C=O) groups excluding carboxylic acids is 1. The van der Waals surface area contributed by atoms with Gasteiger partial charge in [0.05, 0.1) is 0 Å². The lowest BCUT2D eigenvalue weighted by molar-refractivity contribution is 0.102. The molecule has 126 valence electrons. The molecule has 0 atom stereocenters. The Bertz CT molecular complexity index is 890. The maximum Gasteiger partial charge on any atom is 0.256 e. The zero-order valence-electron chi connectivity index (χ0n) is 13.6. The van der Waals surface area contributed by atoms with Crippen LogP contribution in [0.15, 0.2) is 48.9 Å². The Labute approximate surface area is 145 Å². The molecule has 0 unspecified atom stereocenters. The molecular weight excluding hydrogens is 316 g/mol. The Morgan fingerprint density at radius 2 is 1.88 bits per heavy atom. The maximum atomic E-state index is 12.5. The SMILES string of the molecule is O=C(Nc1ccn(-c2ncccn2)n1)c1ccc2c(c1)CCNCC2. The molecule has 4 rings (SSSR count). The predicted molar refractivity (Wildman–Crippen MR) is 93.8 cm³/mol. The summed E-state index contributed by atoms with van der Waals surface area (Å²) in [5.74, 6) is 0.758. The highest BCUT2D eigenvalue weighted by Crippen LogP contribution is 2.16. The third kappa shape index (κ3) is 3.41. The van der Waals surface area contributed by atoms with E-state index in [9.17, 15) is 4.79 Å². The third-order valence-corrected chi connectivity index (χ3v) is 4.20. The first-order chi connectivity index (χ1) is 12.3. The Kier molecular flexibility index (Phi) is 4.22. The van der Waals surface area contributed by atoms with Crippen LogP contribution in [0, 0.1) is 0 Å². The van der Waals surface area contributed by atoms with Crippen LogP contribution < -0.4 is 10.6 Å². The number of hydrogen-bond donors (Lipinski definition) is 2. The topological polar surface area (TPSA) is 84.7 Å². The van der Waals surface area contributed by atoms with Gasteiger partial charge >= 0.3 is 0 Å². The standard InChI is InChI=1S/C18H18N6O/c25-17(15-3-2-13-4-9-19-10-5-14(13)12-15)22-16-6-11-24(23-16)18-20-7-1-8-21-18/h1-3,6-8,11-12,19H,4-5,9-10H2,(H,22,23,25). The monoisotopic (exact) mass is 334 g/mol. The first kappa shape index (κ1) is 15.5. The van der Waals surface area contributed by atoms with Crippen LogP contribution in [0.5, 0.6) is 0 Å². The lowest BCUT2D eigenvalue weighted by atomic mass is 10.00. The number of nitrogens with one attached hydrogen (secondary N) is 2. The van der Waals surface area contributed by atoms with Crippen LogP contribution in [-0.4, -0.2) is 38.7 Å². The molecule has 0 spiro atoms. The molecule has 1 aliphatic heterocycles. The number of anilines is 1. The quantitative estimate of drug-likeness (QED) is 0.760. The summed E-state index contributed by atoms with van der Waals surface area (Å²) in [4.78, 5) is 20.8. The molecule has 0 saturated carbocycles. The highest BCUT2D eigenvalue weighted by atomic mass is 16.1. The van der Waals surface area contributed by atoms with Crippen LogP contribution in [0.1, 0.15) is 21.5 Å². The number of aromatic nitrogens is 4. The molecule has 3 heterocycles. The summed E-state index contributed by atoms with van der Waals surface area (Å²) >= 11 is 0. The fourth-order valence-corrected chi connectivity index (χ4v) is 2.91. The van der Waals surface area contributed by atoms with Crippen molar-refractivity contribution in [2.24, 2.45) is 0 Å². The van der Waals surface area contributed by atoms with Crippen molar-refractivity contribution in [3.05, 3.63) is 65.6 Å². The minimum Gasteiger partial charge on any atom is -0.316 e. The lowest BCUT2D eigenvalue weighted by Crippen LogP contribution is -2.16. The van der Waals surface area contributed by atoms with Gasteiger partial charge in [-0.1, -0.05) is 6.07 Å². The van der Waals surface area contributed by atoms with Gasteiger partial charge in [-0.05, 0) is 55.3 Å². The summed E-state index contributed by atoms with van der Waals surface area (Å²) in [6, 6.07) is 9.37. The second kappa shape index (κ2) is 6.82. The van der Waals surface area contributed by atoms with Crippen LogP contribution in [-0.2, 0) is 12.8 Å². The van der Waals surface area contributed by atoms with Gasteiger partial charge in [-0.3, -0.25) is 4.79 Å². The highest BCUT2D eigenvalue weighted by Gasteiger charge is 2.13. The van der Waals surface area contributed by atoms with Crippen LogP contribution in [0.2, 0.25) is 0 Å². The summed E-state index contributed by atoms with van der Waals surface area (Å²) in [5, 5.41) is 10.5. The van der Waals surface area contributed by atoms with Gasteiger partial charge in [0, 0.05) is 30.2 Å². The molecule has 0 fully saturated rings. The fraction of sp³-hybridized carbons (Fsp3) is 0.222. The van der Waals surface area contributed by atoms with E-state index in [-0.39, 0.29) is 5.91 Å². The van der Waals surface area contributed by atoms with Crippen LogP contribution in [0.3, 0.4) is 0 Å². The van der Waals surface area contributed by atoms with E-state index in [1.807, 2.05) is 18.2 Å². The van der Waals surface area contributed by atoms with Crippen molar-refractivity contribution < 1.29 is 4.79 Å². The predicted octanol–water partition coefficient (Wildman–Crippen LogP) is 1.60. The Balaban J connectivity index is 1.51. The number of carbonyl (C=O) groups is 1. The zero-order valence-corrected chi connectivity index (χ0v) is 13.6. The van der Waals surface area contributed by atoms with E-state index in [1.54, 1.807) is 30.7 Å². The molecule has 1 aromatic carbocycles. The van der Waals surface area contributed by atoms with Crippen LogP contribution in [0.25, 0.3) is 5.95 Å². The molecule has 0 bridgehead atoms. The first-order valence-electron chi connectivity index (χ1n) is 8.26. The van der Waals surface area contributed by atoms with Gasteiger partial charge in [-0.2, -0.15) is 0 Å². The van der Waals surface area contributed by atoms with Gasteiger partial charge in [-0.15, -0.1) is 5.10 Å². The van der Waals surface area contributed by atoms with Crippen molar-refractivity contribution in [3.8, 4) is 5.95 Å². The molecule has 0 radical (unpaired) electrons.